The summed E-state index contributed by atoms with van der Waals surface area (Å²) in [5, 5.41) is 3.82. The number of likely N-dealkylation sites (tertiary alicyclic amines) is 1. The van der Waals surface area contributed by atoms with Gasteiger partial charge < -0.3 is 15.0 Å². The molecule has 6 heteroatoms. The van der Waals surface area contributed by atoms with Crippen LogP contribution < -0.4 is 5.32 Å². The third kappa shape index (κ3) is 5.00. The van der Waals surface area contributed by atoms with Crippen molar-refractivity contribution in [2.75, 3.05) is 26.3 Å². The fourth-order valence-electron chi connectivity index (χ4n) is 5.09. The van der Waals surface area contributed by atoms with Crippen LogP contribution in [0.5, 0.6) is 0 Å². The smallest absolute Gasteiger partial charge is 0.251 e. The lowest BCUT2D eigenvalue weighted by Gasteiger charge is -2.46. The van der Waals surface area contributed by atoms with Crippen LogP contribution >= 0.6 is 11.6 Å². The Morgan fingerprint density at radius 3 is 2.47 bits per heavy atom. The van der Waals surface area contributed by atoms with Crippen molar-refractivity contribution in [2.45, 2.75) is 38.6 Å². The second-order valence-corrected chi connectivity index (χ2v) is 9.99. The third-order valence-electron chi connectivity index (χ3n) is 6.84. The van der Waals surface area contributed by atoms with Gasteiger partial charge in [0.15, 0.2) is 0 Å². The van der Waals surface area contributed by atoms with Gasteiger partial charge in [-0.15, -0.1) is 0 Å². The predicted molar refractivity (Wildman–Crippen MR) is 126 cm³/mol. The van der Waals surface area contributed by atoms with Crippen LogP contribution in [0.25, 0.3) is 0 Å². The molecule has 2 saturated heterocycles. The van der Waals surface area contributed by atoms with E-state index in [1.165, 1.54) is 5.56 Å². The number of nitrogens with zero attached hydrogens (tertiary/aromatic N) is 1. The highest BCUT2D eigenvalue weighted by Crippen LogP contribution is 2.43. The maximum atomic E-state index is 13.5. The Balaban J connectivity index is 1.44. The number of nitrogens with one attached hydrogen (secondary N) is 1. The van der Waals surface area contributed by atoms with Crippen LogP contribution in [0.3, 0.4) is 0 Å². The molecule has 170 valence electrons. The molecule has 1 unspecified atom stereocenters. The Hall–Kier alpha value is -2.37. The molecule has 0 radical (unpaired) electrons. The molecule has 2 aliphatic rings. The van der Waals surface area contributed by atoms with Gasteiger partial charge in [-0.3, -0.25) is 9.59 Å². The number of carbonyl (C=O) groups is 2. The molecular weight excluding hydrogens is 424 g/mol. The summed E-state index contributed by atoms with van der Waals surface area (Å²) in [6.07, 6.45) is 1.54. The molecule has 0 bridgehead atoms. The third-order valence-corrected chi connectivity index (χ3v) is 7.09. The van der Waals surface area contributed by atoms with Gasteiger partial charge in [0, 0.05) is 36.3 Å². The molecule has 2 amide bonds. The molecular formula is C26H31ClN2O3. The van der Waals surface area contributed by atoms with Crippen molar-refractivity contribution in [3.05, 3.63) is 70.7 Å². The van der Waals surface area contributed by atoms with Gasteiger partial charge in [0.25, 0.3) is 5.91 Å². The van der Waals surface area contributed by atoms with E-state index in [2.05, 4.69) is 31.3 Å². The Bertz CT molecular complexity index is 945. The van der Waals surface area contributed by atoms with E-state index in [0.29, 0.717) is 44.2 Å². The lowest BCUT2D eigenvalue weighted by atomic mass is 9.70. The molecule has 2 aliphatic heterocycles. The highest BCUT2D eigenvalue weighted by molar-refractivity contribution is 6.30. The molecule has 2 aromatic carbocycles. The van der Waals surface area contributed by atoms with Gasteiger partial charge in [0.2, 0.25) is 5.91 Å². The second-order valence-electron chi connectivity index (χ2n) is 9.56. The highest BCUT2D eigenvalue weighted by atomic mass is 35.5. The molecule has 0 saturated carbocycles. The number of benzene rings is 2. The first kappa shape index (κ1) is 22.8. The molecule has 4 rings (SSSR count). The van der Waals surface area contributed by atoms with Gasteiger partial charge in [-0.25, -0.2) is 0 Å². The second kappa shape index (κ2) is 9.63. The lowest BCUT2D eigenvalue weighted by molar-refractivity contribution is -0.144. The number of amides is 2. The van der Waals surface area contributed by atoms with Crippen molar-refractivity contribution in [3.8, 4) is 0 Å². The number of hydrogen-bond acceptors (Lipinski definition) is 3. The van der Waals surface area contributed by atoms with Crippen LogP contribution in [0.4, 0.5) is 0 Å². The highest BCUT2D eigenvalue weighted by Gasteiger charge is 2.42. The van der Waals surface area contributed by atoms with Crippen LogP contribution in [-0.4, -0.2) is 49.1 Å². The molecule has 0 aromatic heterocycles. The van der Waals surface area contributed by atoms with Gasteiger partial charge in [-0.05, 0) is 54.0 Å². The summed E-state index contributed by atoms with van der Waals surface area (Å²) in [4.78, 5) is 28.2. The van der Waals surface area contributed by atoms with E-state index in [9.17, 15) is 9.59 Å². The van der Waals surface area contributed by atoms with Crippen LogP contribution in [0, 0.1) is 11.3 Å². The molecule has 3 atom stereocenters. The maximum Gasteiger partial charge on any atom is 0.251 e. The van der Waals surface area contributed by atoms with Crippen molar-refractivity contribution in [1.82, 2.24) is 10.2 Å². The number of rotatable bonds is 4. The summed E-state index contributed by atoms with van der Waals surface area (Å²) in [6, 6.07) is 17.0. The van der Waals surface area contributed by atoms with Gasteiger partial charge in [-0.2, -0.15) is 0 Å². The van der Waals surface area contributed by atoms with Gasteiger partial charge in [0.1, 0.15) is 0 Å². The van der Waals surface area contributed by atoms with Gasteiger partial charge >= 0.3 is 0 Å². The SMILES string of the molecule is CC1(C)CN(C(=O)[C@H]2COCC[C@H]2NC(=O)c2ccccc2)CCC1c1ccc(Cl)cc1. The average molecular weight is 455 g/mol. The zero-order valence-electron chi connectivity index (χ0n) is 18.7. The van der Waals surface area contributed by atoms with E-state index >= 15 is 0 Å². The topological polar surface area (TPSA) is 58.6 Å². The molecule has 1 N–H and O–H groups in total. The maximum absolute atomic E-state index is 13.5. The van der Waals surface area contributed by atoms with Crippen LogP contribution in [0.15, 0.2) is 54.6 Å². The normalized spacial score (nSPS) is 25.2. The van der Waals surface area contributed by atoms with E-state index in [1.54, 1.807) is 12.1 Å². The van der Waals surface area contributed by atoms with Crippen molar-refractivity contribution >= 4 is 23.4 Å². The van der Waals surface area contributed by atoms with Crippen LogP contribution in [0.1, 0.15) is 48.5 Å². The monoisotopic (exact) mass is 454 g/mol. The summed E-state index contributed by atoms with van der Waals surface area (Å²) in [5.41, 5.74) is 1.80. The fraction of sp³-hybridized carbons (Fsp3) is 0.462. The van der Waals surface area contributed by atoms with Crippen LogP contribution in [-0.2, 0) is 9.53 Å². The zero-order chi connectivity index (χ0) is 22.7. The molecule has 5 nitrogen and oxygen atoms in total. The van der Waals surface area contributed by atoms with E-state index in [1.807, 2.05) is 35.2 Å². The Kier molecular flexibility index (Phi) is 6.87. The first-order valence-electron chi connectivity index (χ1n) is 11.3. The number of piperidine rings is 1. The molecule has 2 fully saturated rings. The summed E-state index contributed by atoms with van der Waals surface area (Å²) < 4.78 is 5.65. The van der Waals surface area contributed by atoms with Crippen molar-refractivity contribution in [3.63, 3.8) is 0 Å². The van der Waals surface area contributed by atoms with E-state index in [-0.39, 0.29) is 29.2 Å². The summed E-state index contributed by atoms with van der Waals surface area (Å²) >= 11 is 6.07. The minimum atomic E-state index is -0.362. The van der Waals surface area contributed by atoms with Gasteiger partial charge in [0.05, 0.1) is 12.5 Å². The van der Waals surface area contributed by atoms with Crippen molar-refractivity contribution in [2.24, 2.45) is 11.3 Å². The molecule has 0 spiro atoms. The summed E-state index contributed by atoms with van der Waals surface area (Å²) in [6.45, 7) is 6.71. The Morgan fingerprint density at radius 1 is 1.06 bits per heavy atom. The Morgan fingerprint density at radius 2 is 1.78 bits per heavy atom. The van der Waals surface area contributed by atoms with E-state index in [4.69, 9.17) is 16.3 Å². The largest absolute Gasteiger partial charge is 0.380 e. The van der Waals surface area contributed by atoms with E-state index in [0.717, 1.165) is 11.4 Å². The number of halogens is 1. The summed E-state index contributed by atoms with van der Waals surface area (Å²) in [5.74, 6) is -0.0675. The Labute approximate surface area is 195 Å². The van der Waals surface area contributed by atoms with E-state index < -0.39 is 0 Å². The quantitative estimate of drug-likeness (QED) is 0.739. The zero-order valence-corrected chi connectivity index (χ0v) is 19.5. The first-order chi connectivity index (χ1) is 15.3. The molecule has 32 heavy (non-hydrogen) atoms. The number of ether oxygens (including phenoxy) is 1. The number of carbonyl (C=O) groups excluding carboxylic acids is 2. The molecule has 2 aromatic rings. The van der Waals surface area contributed by atoms with Crippen LogP contribution in [0.2, 0.25) is 5.02 Å². The summed E-state index contributed by atoms with van der Waals surface area (Å²) in [7, 11) is 0. The van der Waals surface area contributed by atoms with Gasteiger partial charge in [-0.1, -0.05) is 55.8 Å². The minimum absolute atomic E-state index is 0.0694. The minimum Gasteiger partial charge on any atom is -0.380 e. The predicted octanol–water partition coefficient (Wildman–Crippen LogP) is 4.52. The molecule has 0 aliphatic carbocycles. The number of hydrogen-bond donors (Lipinski definition) is 1. The molecule has 2 heterocycles. The van der Waals surface area contributed by atoms with Crippen molar-refractivity contribution in [1.29, 1.82) is 0 Å². The average Bonchev–Trinajstić information content (AvgIpc) is 2.80. The standard InChI is InChI=1S/C26H31ClN2O3/c1-26(2)17-29(14-12-22(26)18-8-10-20(27)11-9-18)25(31)21-16-32-15-13-23(21)28-24(30)19-6-4-3-5-7-19/h3-11,21-23H,12-17H2,1-2H3,(H,28,30)/t21-,22?,23+/m0/s1. The van der Waals surface area contributed by atoms with Crippen molar-refractivity contribution < 1.29 is 14.3 Å². The lowest BCUT2D eigenvalue weighted by Crippen LogP contribution is -2.55. The fourth-order valence-corrected chi connectivity index (χ4v) is 5.21. The first-order valence-corrected chi connectivity index (χ1v) is 11.7.